The van der Waals surface area contributed by atoms with Crippen LogP contribution in [0.5, 0.6) is 0 Å². The van der Waals surface area contributed by atoms with Gasteiger partial charge in [-0.2, -0.15) is 5.10 Å². The van der Waals surface area contributed by atoms with Gasteiger partial charge in [0.25, 0.3) is 0 Å². The SMILES string of the molecule is [C-]#[N+]c1ccc2c(c1)N(CC(=O)O)CCN2c1n[nH]c2nc(N3CCC4(CC3)CO[C@@H](C)[C@H]4N)cnc12. The third kappa shape index (κ3) is 3.91. The van der Waals surface area contributed by atoms with Crippen LogP contribution in [0.1, 0.15) is 19.8 Å². The number of anilines is 4. The number of H-pyrrole nitrogens is 1. The molecule has 12 heteroatoms. The number of rotatable bonds is 4. The van der Waals surface area contributed by atoms with Gasteiger partial charge in [0, 0.05) is 37.6 Å². The van der Waals surface area contributed by atoms with Gasteiger partial charge in [-0.3, -0.25) is 9.89 Å². The number of carboxylic acid groups (broad SMARTS) is 1. The van der Waals surface area contributed by atoms with Crippen molar-refractivity contribution in [2.24, 2.45) is 11.1 Å². The normalized spacial score (nSPS) is 22.9. The van der Waals surface area contributed by atoms with Crippen LogP contribution in [0.3, 0.4) is 0 Å². The van der Waals surface area contributed by atoms with Gasteiger partial charge in [-0.25, -0.2) is 14.8 Å². The molecule has 0 saturated carbocycles. The molecule has 6 rings (SSSR count). The molecule has 2 aromatic heterocycles. The summed E-state index contributed by atoms with van der Waals surface area (Å²) in [4.78, 5) is 30.5. The van der Waals surface area contributed by atoms with Crippen molar-refractivity contribution in [1.29, 1.82) is 0 Å². The monoisotopic (exact) mass is 503 g/mol. The lowest BCUT2D eigenvalue weighted by atomic mass is 9.73. The van der Waals surface area contributed by atoms with Crippen LogP contribution >= 0.6 is 0 Å². The second-order valence-corrected chi connectivity index (χ2v) is 10.1. The van der Waals surface area contributed by atoms with Crippen molar-refractivity contribution in [1.82, 2.24) is 20.2 Å². The maximum atomic E-state index is 11.4. The average Bonchev–Trinajstić information content (AvgIpc) is 3.45. The summed E-state index contributed by atoms with van der Waals surface area (Å²) in [6.45, 7) is 12.7. The van der Waals surface area contributed by atoms with E-state index in [1.165, 1.54) is 0 Å². The van der Waals surface area contributed by atoms with Gasteiger partial charge < -0.3 is 30.3 Å². The van der Waals surface area contributed by atoms with E-state index in [1.54, 1.807) is 23.2 Å². The summed E-state index contributed by atoms with van der Waals surface area (Å²) in [5.41, 5.74) is 9.67. The summed E-state index contributed by atoms with van der Waals surface area (Å²) in [6.07, 6.45) is 3.79. The number of ether oxygens (including phenoxy) is 1. The fourth-order valence-electron chi connectivity index (χ4n) is 5.85. The lowest BCUT2D eigenvalue weighted by Gasteiger charge is -2.41. The maximum absolute atomic E-state index is 11.4. The van der Waals surface area contributed by atoms with Crippen molar-refractivity contribution >= 4 is 45.8 Å². The Labute approximate surface area is 213 Å². The van der Waals surface area contributed by atoms with E-state index in [2.05, 4.69) is 26.9 Å². The molecule has 3 aliphatic rings. The summed E-state index contributed by atoms with van der Waals surface area (Å²) in [5, 5.41) is 16.9. The minimum atomic E-state index is -0.920. The average molecular weight is 504 g/mol. The van der Waals surface area contributed by atoms with Gasteiger partial charge in [-0.1, -0.05) is 6.07 Å². The number of carbonyl (C=O) groups is 1. The van der Waals surface area contributed by atoms with E-state index in [0.717, 1.165) is 44.0 Å². The topological polar surface area (TPSA) is 141 Å². The molecule has 3 aliphatic heterocycles. The number of aliphatic carboxylic acids is 1. The smallest absolute Gasteiger partial charge is 0.323 e. The molecule has 4 N–H and O–H groups in total. The second kappa shape index (κ2) is 8.86. The molecule has 5 heterocycles. The number of aromatic amines is 1. The number of hydrogen-bond donors (Lipinski definition) is 3. The maximum Gasteiger partial charge on any atom is 0.323 e. The molecule has 12 nitrogen and oxygen atoms in total. The number of nitrogens with two attached hydrogens (primary N) is 1. The van der Waals surface area contributed by atoms with Crippen molar-refractivity contribution in [3.05, 3.63) is 35.8 Å². The Hall–Kier alpha value is -3.95. The van der Waals surface area contributed by atoms with Gasteiger partial charge in [0.05, 0.1) is 36.9 Å². The summed E-state index contributed by atoms with van der Waals surface area (Å²) >= 11 is 0. The number of nitrogens with one attached hydrogen (secondary N) is 1. The number of aromatic nitrogens is 4. The molecular weight excluding hydrogens is 474 g/mol. The zero-order valence-corrected chi connectivity index (χ0v) is 20.6. The number of fused-ring (bicyclic) bond motifs is 2. The predicted octanol–water partition coefficient (Wildman–Crippen LogP) is 2.28. The zero-order chi connectivity index (χ0) is 25.7. The highest BCUT2D eigenvalue weighted by Gasteiger charge is 2.47. The van der Waals surface area contributed by atoms with Crippen LogP contribution in [-0.4, -0.2) is 82.7 Å². The minimum Gasteiger partial charge on any atom is -0.480 e. The summed E-state index contributed by atoms with van der Waals surface area (Å²) in [7, 11) is 0. The van der Waals surface area contributed by atoms with E-state index < -0.39 is 5.97 Å². The number of hydrogen-bond acceptors (Lipinski definition) is 9. The lowest BCUT2D eigenvalue weighted by molar-refractivity contribution is -0.135. The Morgan fingerprint density at radius 2 is 2.11 bits per heavy atom. The number of piperidine rings is 1. The van der Waals surface area contributed by atoms with E-state index in [-0.39, 0.29) is 24.1 Å². The summed E-state index contributed by atoms with van der Waals surface area (Å²) in [5.74, 6) is 0.504. The van der Waals surface area contributed by atoms with Crippen LogP contribution in [-0.2, 0) is 9.53 Å². The molecule has 0 bridgehead atoms. The molecule has 2 saturated heterocycles. The zero-order valence-electron chi connectivity index (χ0n) is 20.6. The molecule has 0 aliphatic carbocycles. The molecular formula is C25H29N9O3. The predicted molar refractivity (Wildman–Crippen MR) is 139 cm³/mol. The molecule has 2 fully saturated rings. The van der Waals surface area contributed by atoms with Crippen LogP contribution in [0.2, 0.25) is 0 Å². The van der Waals surface area contributed by atoms with Crippen molar-refractivity contribution in [3.8, 4) is 0 Å². The Morgan fingerprint density at radius 1 is 1.30 bits per heavy atom. The standard InChI is InChI=1S/C25H29N9O3/c1-15-22(26)25(14-37-15)5-7-32(8-6-25)19-12-28-21-23(29-19)30-31-24(21)34-10-9-33(13-20(35)36)18-11-16(27-2)3-4-17(18)34/h3-4,11-12,15,22H,5-10,13-14,26H2,1H3,(H,35,36)(H,29,30,31)/t15-,22+/m0/s1. The van der Waals surface area contributed by atoms with E-state index >= 15 is 0 Å². The van der Waals surface area contributed by atoms with Gasteiger partial charge in [-0.05, 0) is 31.9 Å². The number of benzene rings is 1. The molecule has 0 radical (unpaired) electrons. The quantitative estimate of drug-likeness (QED) is 0.454. The fourth-order valence-corrected chi connectivity index (χ4v) is 5.85. The molecule has 0 unspecified atom stereocenters. The van der Waals surface area contributed by atoms with Crippen molar-refractivity contribution in [3.63, 3.8) is 0 Å². The highest BCUT2D eigenvalue weighted by Crippen LogP contribution is 2.43. The van der Waals surface area contributed by atoms with Crippen LogP contribution in [0.25, 0.3) is 16.0 Å². The number of nitrogens with zero attached hydrogens (tertiary/aromatic N) is 7. The van der Waals surface area contributed by atoms with E-state index in [9.17, 15) is 9.90 Å². The summed E-state index contributed by atoms with van der Waals surface area (Å²) < 4.78 is 5.84. The van der Waals surface area contributed by atoms with Crippen LogP contribution in [0.15, 0.2) is 24.4 Å². The molecule has 1 aromatic carbocycles. The van der Waals surface area contributed by atoms with E-state index in [4.69, 9.17) is 27.0 Å². The molecule has 1 spiro atoms. The molecule has 2 atom stereocenters. The summed E-state index contributed by atoms with van der Waals surface area (Å²) in [6, 6.07) is 5.35. The van der Waals surface area contributed by atoms with Gasteiger partial charge in [0.2, 0.25) is 0 Å². The fraction of sp³-hybridized carbons (Fsp3) is 0.480. The Kier molecular flexibility index (Phi) is 5.62. The Morgan fingerprint density at radius 3 is 2.81 bits per heavy atom. The first-order chi connectivity index (χ1) is 17.9. The third-order valence-corrected chi connectivity index (χ3v) is 8.06. The van der Waals surface area contributed by atoms with Crippen molar-refractivity contribution in [2.45, 2.75) is 31.9 Å². The first kappa shape index (κ1) is 23.4. The second-order valence-electron chi connectivity index (χ2n) is 10.1. The highest BCUT2D eigenvalue weighted by molar-refractivity contribution is 5.92. The van der Waals surface area contributed by atoms with Crippen LogP contribution < -0.4 is 20.4 Å². The number of carboxylic acids is 1. The molecule has 3 aromatic rings. The lowest BCUT2D eigenvalue weighted by Crippen LogP contribution is -2.50. The Balaban J connectivity index is 1.26. The molecule has 192 valence electrons. The largest absolute Gasteiger partial charge is 0.480 e. The van der Waals surface area contributed by atoms with Gasteiger partial charge >= 0.3 is 5.97 Å². The molecule has 0 amide bonds. The molecule has 37 heavy (non-hydrogen) atoms. The highest BCUT2D eigenvalue weighted by atomic mass is 16.5. The third-order valence-electron chi connectivity index (χ3n) is 8.06. The van der Waals surface area contributed by atoms with E-state index in [0.29, 0.717) is 41.4 Å². The van der Waals surface area contributed by atoms with Gasteiger partial charge in [-0.15, -0.1) is 0 Å². The van der Waals surface area contributed by atoms with Gasteiger partial charge in [0.1, 0.15) is 12.4 Å². The Bertz CT molecular complexity index is 1390. The van der Waals surface area contributed by atoms with Crippen molar-refractivity contribution in [2.75, 3.05) is 54.0 Å². The van der Waals surface area contributed by atoms with Crippen molar-refractivity contribution < 1.29 is 14.6 Å². The first-order valence-corrected chi connectivity index (χ1v) is 12.5. The van der Waals surface area contributed by atoms with Gasteiger partial charge in [0.15, 0.2) is 22.7 Å². The van der Waals surface area contributed by atoms with Crippen LogP contribution in [0, 0.1) is 12.0 Å². The first-order valence-electron chi connectivity index (χ1n) is 12.5. The van der Waals surface area contributed by atoms with Crippen LogP contribution in [0.4, 0.5) is 28.7 Å². The van der Waals surface area contributed by atoms with E-state index in [1.807, 2.05) is 11.0 Å². The minimum absolute atomic E-state index is 0.0396.